The van der Waals surface area contributed by atoms with Gasteiger partial charge in [-0.05, 0) is 30.0 Å². The van der Waals surface area contributed by atoms with Crippen LogP contribution in [0.15, 0.2) is 12.1 Å². The van der Waals surface area contributed by atoms with E-state index in [1.54, 1.807) is 6.07 Å². The number of benzene rings is 1. The van der Waals surface area contributed by atoms with Gasteiger partial charge in [-0.25, -0.2) is 4.57 Å². The molecule has 0 aromatic heterocycles. The van der Waals surface area contributed by atoms with Crippen LogP contribution >= 0.6 is 33.5 Å². The van der Waals surface area contributed by atoms with Gasteiger partial charge in [0.15, 0.2) is 0 Å². The van der Waals surface area contributed by atoms with E-state index in [0.717, 1.165) is 32.8 Å². The van der Waals surface area contributed by atoms with Crippen LogP contribution in [0.2, 0.25) is 0 Å². The van der Waals surface area contributed by atoms with Crippen LogP contribution in [0, 0.1) is 0 Å². The summed E-state index contributed by atoms with van der Waals surface area (Å²) in [5, 5.41) is 0.926. The Hall–Kier alpha value is -0.870. The van der Waals surface area contributed by atoms with Gasteiger partial charge < -0.3 is 14.7 Å². The van der Waals surface area contributed by atoms with Crippen LogP contribution in [0.1, 0.15) is 45.7 Å². The molecule has 23 heavy (non-hydrogen) atoms. The van der Waals surface area contributed by atoms with E-state index < -0.39 is 7.82 Å². The van der Waals surface area contributed by atoms with Crippen molar-refractivity contribution in [3.05, 3.63) is 34.4 Å². The van der Waals surface area contributed by atoms with Crippen molar-refractivity contribution in [2.24, 2.45) is 0 Å². The summed E-state index contributed by atoms with van der Waals surface area (Å²) in [7, 11) is -4.64. The Kier molecular flexibility index (Phi) is 6.84. The molecule has 0 spiro atoms. The summed E-state index contributed by atoms with van der Waals surface area (Å²) in [6.07, 6.45) is 1.56. The predicted molar refractivity (Wildman–Crippen MR) is 89.8 cm³/mol. The molecule has 0 atom stereocenters. The minimum Gasteiger partial charge on any atom is -0.303 e. The van der Waals surface area contributed by atoms with Gasteiger partial charge in [0.2, 0.25) is 0 Å². The zero-order valence-electron chi connectivity index (χ0n) is 12.4. The molecular formula is C12H17N2O6PS2. The first kappa shape index (κ1) is 20.2. The first-order valence-electron chi connectivity index (χ1n) is 6.52. The van der Waals surface area contributed by atoms with Crippen molar-refractivity contribution in [1.82, 2.24) is 8.83 Å². The maximum Gasteiger partial charge on any atom is 0.466 e. The molecule has 0 unspecified atom stereocenters. The van der Waals surface area contributed by atoms with Crippen LogP contribution in [0.5, 0.6) is 0 Å². The largest absolute Gasteiger partial charge is 0.466 e. The van der Waals surface area contributed by atoms with Crippen LogP contribution in [0.3, 0.4) is 0 Å². The molecule has 1 aromatic carbocycles. The lowest BCUT2D eigenvalue weighted by Gasteiger charge is -2.18. The first-order chi connectivity index (χ1) is 10.5. The smallest absolute Gasteiger partial charge is 0.303 e. The first-order valence-corrected chi connectivity index (χ1v) is 8.89. The number of nitrogens with zero attached hydrogens (tertiary/aromatic N) is 2. The third-order valence-electron chi connectivity index (χ3n) is 3.15. The van der Waals surface area contributed by atoms with Crippen molar-refractivity contribution in [1.29, 1.82) is 0 Å². The van der Waals surface area contributed by atoms with Gasteiger partial charge in [-0.1, -0.05) is 45.5 Å². The normalized spacial score (nSPS) is 14.0. The predicted octanol–water partition coefficient (Wildman–Crippen LogP) is 1.39. The molecule has 0 aliphatic carbocycles. The van der Waals surface area contributed by atoms with E-state index in [-0.39, 0.29) is 11.8 Å². The van der Waals surface area contributed by atoms with Crippen molar-refractivity contribution in [2.75, 3.05) is 0 Å². The number of phosphoric acid groups is 1. The second kappa shape index (κ2) is 7.80. The Labute approximate surface area is 144 Å². The number of carbonyl (C=O) groups is 2. The number of hydrogen-bond donors (Lipinski definition) is 5. The third kappa shape index (κ3) is 4.80. The van der Waals surface area contributed by atoms with Gasteiger partial charge >= 0.3 is 7.82 Å². The molecule has 1 aliphatic rings. The van der Waals surface area contributed by atoms with Crippen LogP contribution in [0.4, 0.5) is 0 Å². The molecule has 0 saturated heterocycles. The van der Waals surface area contributed by atoms with E-state index in [9.17, 15) is 9.59 Å². The number of aryl methyl sites for hydroxylation is 1. The summed E-state index contributed by atoms with van der Waals surface area (Å²) >= 11 is 7.82. The topological polar surface area (TPSA) is 118 Å². The van der Waals surface area contributed by atoms with Crippen molar-refractivity contribution >= 4 is 45.3 Å². The van der Waals surface area contributed by atoms with Gasteiger partial charge in [0.25, 0.3) is 11.8 Å². The van der Waals surface area contributed by atoms with Gasteiger partial charge in [0.1, 0.15) is 0 Å². The average Bonchev–Trinajstić information content (AvgIpc) is 2.67. The van der Waals surface area contributed by atoms with E-state index in [4.69, 9.17) is 19.2 Å². The lowest BCUT2D eigenvalue weighted by molar-refractivity contribution is 0.0525. The van der Waals surface area contributed by atoms with Crippen LogP contribution in [0.25, 0.3) is 0 Å². The summed E-state index contributed by atoms with van der Waals surface area (Å²) in [4.78, 5) is 45.9. The lowest BCUT2D eigenvalue weighted by Crippen LogP contribution is -2.35. The van der Waals surface area contributed by atoms with Crippen molar-refractivity contribution in [3.8, 4) is 0 Å². The summed E-state index contributed by atoms with van der Waals surface area (Å²) in [5.74, 6) is -0.732. The molecule has 1 aromatic rings. The van der Waals surface area contributed by atoms with Crippen molar-refractivity contribution < 1.29 is 28.8 Å². The molecule has 1 aliphatic heterocycles. The zero-order valence-corrected chi connectivity index (χ0v) is 15.1. The SMILES string of the molecule is CCc1ccc2c(c1CC)C(=O)N(N(S)S)C2=O.O=P(O)(O)O. The quantitative estimate of drug-likeness (QED) is 0.305. The number of fused-ring (bicyclic) bond motifs is 1. The Morgan fingerprint density at radius 3 is 2.00 bits per heavy atom. The molecule has 0 bridgehead atoms. The Morgan fingerprint density at radius 1 is 1.09 bits per heavy atom. The number of rotatable bonds is 3. The van der Waals surface area contributed by atoms with E-state index in [1.807, 2.05) is 19.9 Å². The van der Waals surface area contributed by atoms with E-state index in [0.29, 0.717) is 11.1 Å². The average molecular weight is 380 g/mol. The number of hydrazine groups is 1. The molecule has 3 N–H and O–H groups in total. The van der Waals surface area contributed by atoms with Gasteiger partial charge in [0.05, 0.1) is 11.1 Å². The molecule has 0 saturated carbocycles. The van der Waals surface area contributed by atoms with Gasteiger partial charge in [0, 0.05) is 0 Å². The monoisotopic (exact) mass is 380 g/mol. The third-order valence-corrected chi connectivity index (χ3v) is 3.51. The zero-order chi connectivity index (χ0) is 17.9. The number of carbonyl (C=O) groups excluding carboxylic acids is 2. The number of thiol groups is 2. The number of imide groups is 1. The van der Waals surface area contributed by atoms with Crippen LogP contribution in [-0.2, 0) is 17.4 Å². The highest BCUT2D eigenvalue weighted by Crippen LogP contribution is 2.31. The molecular weight excluding hydrogens is 363 g/mol. The fourth-order valence-corrected chi connectivity index (χ4v) is 2.65. The van der Waals surface area contributed by atoms with Gasteiger partial charge in [-0.3, -0.25) is 9.59 Å². The Bertz CT molecular complexity index is 667. The lowest BCUT2D eigenvalue weighted by atomic mass is 9.94. The summed E-state index contributed by atoms with van der Waals surface area (Å²) < 4.78 is 9.81. The van der Waals surface area contributed by atoms with Crippen LogP contribution in [-0.4, -0.2) is 35.3 Å². The molecule has 1 heterocycles. The molecule has 0 fully saturated rings. The number of hydrogen-bond acceptors (Lipinski definition) is 6. The summed E-state index contributed by atoms with van der Waals surface area (Å²) in [6, 6.07) is 3.62. The maximum absolute atomic E-state index is 12.3. The highest BCUT2D eigenvalue weighted by atomic mass is 32.2. The summed E-state index contributed by atoms with van der Waals surface area (Å²) in [6.45, 7) is 4.01. The molecule has 2 amide bonds. The second-order valence-electron chi connectivity index (χ2n) is 4.54. The summed E-state index contributed by atoms with van der Waals surface area (Å²) in [5.41, 5.74) is 2.97. The van der Waals surface area contributed by atoms with Crippen molar-refractivity contribution in [3.63, 3.8) is 0 Å². The minimum atomic E-state index is -4.64. The minimum absolute atomic E-state index is 0.354. The molecule has 128 valence electrons. The number of amides is 2. The van der Waals surface area contributed by atoms with E-state index in [1.165, 1.54) is 0 Å². The highest BCUT2D eigenvalue weighted by molar-refractivity contribution is 7.93. The Morgan fingerprint density at radius 2 is 1.61 bits per heavy atom. The fraction of sp³-hybridized carbons (Fsp3) is 0.333. The standard InChI is InChI=1S/C12H14N2O2S2.H3O4P/c1-3-7-5-6-9-10(8(7)4-2)12(16)13(11(9)15)14(17)18;1-5(2,3)4/h5-6,17-18H,3-4H2,1-2H3;(H3,1,2,3,4). The van der Waals surface area contributed by atoms with Gasteiger partial charge in [-0.2, -0.15) is 5.01 Å². The van der Waals surface area contributed by atoms with Crippen molar-refractivity contribution in [2.45, 2.75) is 26.7 Å². The van der Waals surface area contributed by atoms with E-state index >= 15 is 0 Å². The van der Waals surface area contributed by atoms with Crippen LogP contribution < -0.4 is 0 Å². The molecule has 8 nitrogen and oxygen atoms in total. The maximum atomic E-state index is 12.3. The molecule has 11 heteroatoms. The molecule has 2 rings (SSSR count). The van der Waals surface area contributed by atoms with Gasteiger partial charge in [-0.15, -0.1) is 3.82 Å². The Balaban J connectivity index is 0.000000463. The highest BCUT2D eigenvalue weighted by Gasteiger charge is 2.40. The second-order valence-corrected chi connectivity index (χ2v) is 6.64. The van der Waals surface area contributed by atoms with E-state index in [2.05, 4.69) is 25.6 Å². The fourth-order valence-electron chi connectivity index (χ4n) is 2.32. The molecule has 0 radical (unpaired) electrons.